The Hall–Kier alpha value is -1.30. The standard InChI is InChI=1S/C12H11Cl2N3OS/c1-6-7(2)19-12(15-6)17-11(18)16-10-5-8(13)3-4-9(10)14/h3-5H,1-2H3,(H2,15,16,17,18). The number of halogens is 2. The normalized spacial score (nSPS) is 10.3. The summed E-state index contributed by atoms with van der Waals surface area (Å²) >= 11 is 13.2. The number of anilines is 2. The molecule has 100 valence electrons. The molecule has 4 nitrogen and oxygen atoms in total. The molecule has 2 aromatic rings. The van der Waals surface area contributed by atoms with Crippen LogP contribution >= 0.6 is 34.5 Å². The van der Waals surface area contributed by atoms with E-state index in [1.807, 2.05) is 13.8 Å². The molecule has 0 saturated carbocycles. The first kappa shape index (κ1) is 14.1. The van der Waals surface area contributed by atoms with Crippen LogP contribution in [0.1, 0.15) is 10.6 Å². The van der Waals surface area contributed by atoms with E-state index in [-0.39, 0.29) is 0 Å². The molecule has 0 aliphatic rings. The van der Waals surface area contributed by atoms with Gasteiger partial charge >= 0.3 is 6.03 Å². The van der Waals surface area contributed by atoms with Crippen molar-refractivity contribution < 1.29 is 4.79 Å². The van der Waals surface area contributed by atoms with Crippen LogP contribution in [0, 0.1) is 13.8 Å². The summed E-state index contributed by atoms with van der Waals surface area (Å²) in [7, 11) is 0. The molecule has 2 amide bonds. The van der Waals surface area contributed by atoms with Crippen molar-refractivity contribution in [1.29, 1.82) is 0 Å². The predicted molar refractivity (Wildman–Crippen MR) is 80.7 cm³/mol. The zero-order valence-electron chi connectivity index (χ0n) is 10.3. The highest BCUT2D eigenvalue weighted by atomic mass is 35.5. The topological polar surface area (TPSA) is 54.0 Å². The van der Waals surface area contributed by atoms with Crippen molar-refractivity contribution in [3.8, 4) is 0 Å². The molecule has 0 spiro atoms. The fourth-order valence-corrected chi connectivity index (χ4v) is 2.52. The maximum Gasteiger partial charge on any atom is 0.325 e. The molecular formula is C12H11Cl2N3OS. The molecular weight excluding hydrogens is 305 g/mol. The van der Waals surface area contributed by atoms with Crippen LogP contribution in [0.5, 0.6) is 0 Å². The number of thiazole rings is 1. The van der Waals surface area contributed by atoms with Gasteiger partial charge in [0.05, 0.1) is 16.4 Å². The van der Waals surface area contributed by atoms with Crippen molar-refractivity contribution in [2.45, 2.75) is 13.8 Å². The fraction of sp³-hybridized carbons (Fsp3) is 0.167. The minimum Gasteiger partial charge on any atom is -0.306 e. The van der Waals surface area contributed by atoms with E-state index in [4.69, 9.17) is 23.2 Å². The SMILES string of the molecule is Cc1nc(NC(=O)Nc2cc(Cl)ccc2Cl)sc1C. The number of amides is 2. The third kappa shape index (κ3) is 3.59. The largest absolute Gasteiger partial charge is 0.325 e. The van der Waals surface area contributed by atoms with Crippen molar-refractivity contribution in [1.82, 2.24) is 4.98 Å². The van der Waals surface area contributed by atoms with Crippen molar-refractivity contribution in [3.63, 3.8) is 0 Å². The lowest BCUT2D eigenvalue weighted by Gasteiger charge is -2.07. The van der Waals surface area contributed by atoms with E-state index < -0.39 is 6.03 Å². The summed E-state index contributed by atoms with van der Waals surface area (Å²) in [4.78, 5) is 17.1. The maximum absolute atomic E-state index is 11.8. The monoisotopic (exact) mass is 315 g/mol. The lowest BCUT2D eigenvalue weighted by Crippen LogP contribution is -2.19. The Bertz CT molecular complexity index is 608. The minimum absolute atomic E-state index is 0.405. The van der Waals surface area contributed by atoms with E-state index in [1.165, 1.54) is 11.3 Å². The second-order valence-corrected chi connectivity index (χ2v) is 5.91. The summed E-state index contributed by atoms with van der Waals surface area (Å²) in [6, 6.07) is 4.46. The lowest BCUT2D eigenvalue weighted by molar-refractivity contribution is 0.262. The lowest BCUT2D eigenvalue weighted by atomic mass is 10.3. The number of hydrogen-bond acceptors (Lipinski definition) is 3. The maximum atomic E-state index is 11.8. The van der Waals surface area contributed by atoms with Gasteiger partial charge in [-0.15, -0.1) is 11.3 Å². The van der Waals surface area contributed by atoms with Crippen LogP contribution in [-0.4, -0.2) is 11.0 Å². The first-order valence-corrected chi connectivity index (χ1v) is 7.00. The third-order valence-corrected chi connectivity index (χ3v) is 3.98. The molecule has 0 saturated heterocycles. The molecule has 19 heavy (non-hydrogen) atoms. The minimum atomic E-state index is -0.405. The second-order valence-electron chi connectivity index (χ2n) is 3.86. The first-order valence-electron chi connectivity index (χ1n) is 5.43. The molecule has 1 aromatic heterocycles. The van der Waals surface area contributed by atoms with E-state index >= 15 is 0 Å². The molecule has 1 heterocycles. The highest BCUT2D eigenvalue weighted by Gasteiger charge is 2.09. The van der Waals surface area contributed by atoms with E-state index in [1.54, 1.807) is 18.2 Å². The van der Waals surface area contributed by atoms with E-state index in [0.29, 0.717) is 20.9 Å². The van der Waals surface area contributed by atoms with Gasteiger partial charge in [-0.2, -0.15) is 0 Å². The van der Waals surface area contributed by atoms with E-state index in [9.17, 15) is 4.79 Å². The number of benzene rings is 1. The number of aromatic nitrogens is 1. The Balaban J connectivity index is 2.07. The van der Waals surface area contributed by atoms with Crippen LogP contribution in [-0.2, 0) is 0 Å². The number of hydrogen-bond donors (Lipinski definition) is 2. The Morgan fingerprint density at radius 3 is 2.63 bits per heavy atom. The van der Waals surface area contributed by atoms with E-state index in [2.05, 4.69) is 15.6 Å². The highest BCUT2D eigenvalue weighted by Crippen LogP contribution is 2.26. The molecule has 7 heteroatoms. The number of carbonyl (C=O) groups is 1. The summed E-state index contributed by atoms with van der Waals surface area (Å²) in [5.74, 6) is 0. The number of urea groups is 1. The number of nitrogens with zero attached hydrogens (tertiary/aromatic N) is 1. The predicted octanol–water partition coefficient (Wildman–Crippen LogP) is 4.71. The van der Waals surface area contributed by atoms with Crippen molar-refractivity contribution in [2.75, 3.05) is 10.6 Å². The number of nitrogens with one attached hydrogen (secondary N) is 2. The molecule has 2 rings (SSSR count). The molecule has 1 aromatic carbocycles. The number of carbonyl (C=O) groups excluding carboxylic acids is 1. The molecule has 0 atom stereocenters. The fourth-order valence-electron chi connectivity index (χ4n) is 1.37. The summed E-state index contributed by atoms with van der Waals surface area (Å²) in [5, 5.41) is 6.75. The molecule has 0 unspecified atom stereocenters. The van der Waals surface area contributed by atoms with Crippen LogP contribution in [0.15, 0.2) is 18.2 Å². The van der Waals surface area contributed by atoms with Gasteiger partial charge in [-0.05, 0) is 32.0 Å². The van der Waals surface area contributed by atoms with Gasteiger partial charge in [-0.1, -0.05) is 23.2 Å². The van der Waals surface area contributed by atoms with Gasteiger partial charge in [0.1, 0.15) is 0 Å². The highest BCUT2D eigenvalue weighted by molar-refractivity contribution is 7.15. The Labute approximate surface area is 124 Å². The summed E-state index contributed by atoms with van der Waals surface area (Å²) < 4.78 is 0. The molecule has 0 fully saturated rings. The smallest absolute Gasteiger partial charge is 0.306 e. The van der Waals surface area contributed by atoms with Gasteiger partial charge < -0.3 is 5.32 Å². The average Bonchev–Trinajstić information content (AvgIpc) is 2.63. The van der Waals surface area contributed by atoms with Crippen molar-refractivity contribution >= 4 is 51.4 Å². The molecule has 2 N–H and O–H groups in total. The van der Waals surface area contributed by atoms with Crippen LogP contribution in [0.25, 0.3) is 0 Å². The van der Waals surface area contributed by atoms with Crippen molar-refractivity contribution in [3.05, 3.63) is 38.8 Å². The molecule has 0 aliphatic carbocycles. The summed E-state index contributed by atoms with van der Waals surface area (Å²) in [6.45, 7) is 3.84. The van der Waals surface area contributed by atoms with Crippen LogP contribution < -0.4 is 10.6 Å². The summed E-state index contributed by atoms with van der Waals surface area (Å²) in [6.07, 6.45) is 0. The van der Waals surface area contributed by atoms with Gasteiger partial charge in [0.15, 0.2) is 5.13 Å². The van der Waals surface area contributed by atoms with Gasteiger partial charge in [-0.25, -0.2) is 9.78 Å². The summed E-state index contributed by atoms with van der Waals surface area (Å²) in [5.41, 5.74) is 1.36. The van der Waals surface area contributed by atoms with Gasteiger partial charge in [-0.3, -0.25) is 5.32 Å². The quantitative estimate of drug-likeness (QED) is 0.843. The van der Waals surface area contributed by atoms with Crippen LogP contribution in [0.4, 0.5) is 15.6 Å². The van der Waals surface area contributed by atoms with Gasteiger partial charge in [0.2, 0.25) is 0 Å². The molecule has 0 radical (unpaired) electrons. The van der Waals surface area contributed by atoms with Crippen LogP contribution in [0.3, 0.4) is 0 Å². The Morgan fingerprint density at radius 1 is 1.26 bits per heavy atom. The first-order chi connectivity index (χ1) is 8.95. The number of aryl methyl sites for hydroxylation is 2. The zero-order chi connectivity index (χ0) is 14.0. The third-order valence-electron chi connectivity index (χ3n) is 2.43. The average molecular weight is 316 g/mol. The van der Waals surface area contributed by atoms with Gasteiger partial charge in [0.25, 0.3) is 0 Å². The molecule has 0 bridgehead atoms. The zero-order valence-corrected chi connectivity index (χ0v) is 12.6. The Kier molecular flexibility index (Phi) is 4.29. The second kappa shape index (κ2) is 5.77. The van der Waals surface area contributed by atoms with E-state index in [0.717, 1.165) is 10.6 Å². The van der Waals surface area contributed by atoms with Gasteiger partial charge in [0, 0.05) is 9.90 Å². The van der Waals surface area contributed by atoms with Crippen molar-refractivity contribution in [2.24, 2.45) is 0 Å². The van der Waals surface area contributed by atoms with Crippen LogP contribution in [0.2, 0.25) is 10.0 Å². The Morgan fingerprint density at radius 2 is 2.00 bits per heavy atom. The molecule has 0 aliphatic heterocycles. The number of rotatable bonds is 2.